The lowest BCUT2D eigenvalue weighted by Gasteiger charge is -2.26. The van der Waals surface area contributed by atoms with Gasteiger partial charge in [-0.15, -0.1) is 0 Å². The van der Waals surface area contributed by atoms with Crippen LogP contribution in [-0.4, -0.2) is 83.5 Å². The lowest BCUT2D eigenvalue weighted by molar-refractivity contribution is -0.146. The minimum atomic E-state index is -0.768. The second-order valence-corrected chi connectivity index (χ2v) is 11.1. The zero-order chi connectivity index (χ0) is 26.8. The van der Waals surface area contributed by atoms with Crippen LogP contribution in [0.4, 0.5) is 9.59 Å². The largest absolute Gasteiger partial charge is 0.481 e. The number of ether oxygens (including phenoxy) is 3. The van der Waals surface area contributed by atoms with E-state index in [1.54, 1.807) is 9.80 Å². The molecule has 0 bridgehead atoms. The van der Waals surface area contributed by atoms with Crippen molar-refractivity contribution < 1.29 is 38.5 Å². The third kappa shape index (κ3) is 12.1. The molecule has 35 heavy (non-hydrogen) atoms. The van der Waals surface area contributed by atoms with Crippen molar-refractivity contribution in [2.45, 2.75) is 91.3 Å². The van der Waals surface area contributed by atoms with Crippen LogP contribution in [-0.2, 0) is 23.8 Å². The molecule has 2 aliphatic rings. The smallest absolute Gasteiger partial charge is 0.410 e. The molecule has 202 valence electrons. The maximum Gasteiger partial charge on any atom is 0.410 e. The first kappa shape index (κ1) is 30.5. The summed E-state index contributed by atoms with van der Waals surface area (Å²) in [5, 5.41) is 8.94. The number of rotatable bonds is 2. The van der Waals surface area contributed by atoms with Crippen LogP contribution in [0, 0.1) is 11.8 Å². The molecule has 1 N–H and O–H groups in total. The van der Waals surface area contributed by atoms with Gasteiger partial charge in [0.25, 0.3) is 0 Å². The molecule has 0 aromatic carbocycles. The van der Waals surface area contributed by atoms with Gasteiger partial charge in [0.1, 0.15) is 11.2 Å². The molecule has 0 aromatic heterocycles. The van der Waals surface area contributed by atoms with Crippen molar-refractivity contribution in [3.05, 3.63) is 0 Å². The first-order valence-electron chi connectivity index (χ1n) is 12.4. The molecule has 2 saturated heterocycles. The topological polar surface area (TPSA) is 123 Å². The minimum absolute atomic E-state index is 0.0950. The highest BCUT2D eigenvalue weighted by Gasteiger charge is 2.29. The van der Waals surface area contributed by atoms with E-state index in [0.29, 0.717) is 45.4 Å². The highest BCUT2D eigenvalue weighted by Crippen LogP contribution is 2.21. The predicted molar refractivity (Wildman–Crippen MR) is 130 cm³/mol. The first-order chi connectivity index (χ1) is 16.1. The van der Waals surface area contributed by atoms with Crippen LogP contribution < -0.4 is 0 Å². The van der Waals surface area contributed by atoms with E-state index >= 15 is 0 Å². The summed E-state index contributed by atoms with van der Waals surface area (Å²) in [4.78, 5) is 49.3. The number of esters is 1. The van der Waals surface area contributed by atoms with Crippen molar-refractivity contribution in [3.63, 3.8) is 0 Å². The lowest BCUT2D eigenvalue weighted by Crippen LogP contribution is -2.37. The number of carbonyl (C=O) groups excluding carboxylic acids is 3. The molecule has 2 fully saturated rings. The Bertz CT molecular complexity index is 726. The number of hydrogen-bond donors (Lipinski definition) is 1. The van der Waals surface area contributed by atoms with Gasteiger partial charge in [0.2, 0.25) is 0 Å². The zero-order valence-electron chi connectivity index (χ0n) is 22.4. The van der Waals surface area contributed by atoms with E-state index in [-0.39, 0.29) is 30.0 Å². The van der Waals surface area contributed by atoms with Crippen molar-refractivity contribution in [1.29, 1.82) is 0 Å². The van der Waals surface area contributed by atoms with E-state index in [0.717, 1.165) is 19.3 Å². The molecule has 10 heteroatoms. The standard InChI is InChI=1S/C13H23NO4.C12H21NO4/c1-13(2,3)18-12(16)14-8-5-6-10(7-9-14)11(15)17-4;1-12(2,3)17-11(16)13-7-4-5-9(6-8-13)10(14)15/h10H,5-9H2,1-4H3;9H,4-8H2,1-3H3,(H,14,15). The van der Waals surface area contributed by atoms with Crippen LogP contribution in [0.3, 0.4) is 0 Å². The third-order valence-electron chi connectivity index (χ3n) is 5.64. The number of carbonyl (C=O) groups is 4. The Labute approximate surface area is 209 Å². The predicted octanol–water partition coefficient (Wildman–Crippen LogP) is 4.30. The van der Waals surface area contributed by atoms with E-state index in [2.05, 4.69) is 0 Å². The molecule has 2 aliphatic heterocycles. The Balaban J connectivity index is 0.000000351. The molecule has 0 saturated carbocycles. The quantitative estimate of drug-likeness (QED) is 0.440. The van der Waals surface area contributed by atoms with Gasteiger partial charge < -0.3 is 29.1 Å². The minimum Gasteiger partial charge on any atom is -0.481 e. The van der Waals surface area contributed by atoms with Crippen molar-refractivity contribution in [1.82, 2.24) is 9.80 Å². The summed E-state index contributed by atoms with van der Waals surface area (Å²) >= 11 is 0. The summed E-state index contributed by atoms with van der Waals surface area (Å²) in [6.45, 7) is 13.2. The maximum absolute atomic E-state index is 11.9. The summed E-state index contributed by atoms with van der Waals surface area (Å²) < 4.78 is 15.3. The lowest BCUT2D eigenvalue weighted by atomic mass is 10.0. The van der Waals surface area contributed by atoms with E-state index < -0.39 is 17.2 Å². The molecule has 0 aromatic rings. The average molecular weight is 501 g/mol. The number of nitrogens with zero attached hydrogens (tertiary/aromatic N) is 2. The molecular weight excluding hydrogens is 456 g/mol. The molecule has 0 spiro atoms. The Kier molecular flexibility index (Phi) is 11.8. The fraction of sp³-hybridized carbons (Fsp3) is 0.840. The summed E-state index contributed by atoms with van der Waals surface area (Å²) in [5.41, 5.74) is -0.985. The monoisotopic (exact) mass is 500 g/mol. The molecule has 2 heterocycles. The molecule has 10 nitrogen and oxygen atoms in total. The SMILES string of the molecule is CC(C)(C)OC(=O)N1CCCC(C(=O)O)CC1.COC(=O)C1CCCN(C(=O)OC(C)(C)C)CC1. The van der Waals surface area contributed by atoms with Gasteiger partial charge in [0.05, 0.1) is 18.9 Å². The summed E-state index contributed by atoms with van der Waals surface area (Å²) in [6.07, 6.45) is 3.44. The summed E-state index contributed by atoms with van der Waals surface area (Å²) in [6, 6.07) is 0. The molecule has 2 atom stereocenters. The van der Waals surface area contributed by atoms with Crippen LogP contribution in [0.25, 0.3) is 0 Å². The van der Waals surface area contributed by atoms with Crippen molar-refractivity contribution in [3.8, 4) is 0 Å². The molecule has 2 rings (SSSR count). The van der Waals surface area contributed by atoms with E-state index in [1.807, 2.05) is 41.5 Å². The van der Waals surface area contributed by atoms with Crippen LogP contribution in [0.5, 0.6) is 0 Å². The van der Waals surface area contributed by atoms with Gasteiger partial charge in [-0.3, -0.25) is 9.59 Å². The Morgan fingerprint density at radius 1 is 0.686 bits per heavy atom. The van der Waals surface area contributed by atoms with E-state index in [4.69, 9.17) is 19.3 Å². The molecule has 2 unspecified atom stereocenters. The average Bonchev–Trinajstić information content (AvgIpc) is 3.12. The number of likely N-dealkylation sites (tertiary alicyclic amines) is 2. The first-order valence-corrected chi connectivity index (χ1v) is 12.4. The number of carboxylic acids is 1. The Morgan fingerprint density at radius 3 is 1.46 bits per heavy atom. The fourth-order valence-electron chi connectivity index (χ4n) is 3.86. The van der Waals surface area contributed by atoms with Gasteiger partial charge in [0.15, 0.2) is 0 Å². The van der Waals surface area contributed by atoms with Gasteiger partial charge >= 0.3 is 24.1 Å². The zero-order valence-corrected chi connectivity index (χ0v) is 22.4. The number of aliphatic carboxylic acids is 1. The highest BCUT2D eigenvalue weighted by atomic mass is 16.6. The van der Waals surface area contributed by atoms with Crippen LogP contribution in [0.15, 0.2) is 0 Å². The van der Waals surface area contributed by atoms with Crippen LogP contribution in [0.2, 0.25) is 0 Å². The number of carboxylic acid groups (broad SMARTS) is 1. The molecule has 2 amide bonds. The van der Waals surface area contributed by atoms with Crippen molar-refractivity contribution in [2.24, 2.45) is 11.8 Å². The highest BCUT2D eigenvalue weighted by molar-refractivity contribution is 5.73. The van der Waals surface area contributed by atoms with Gasteiger partial charge in [0, 0.05) is 26.2 Å². The van der Waals surface area contributed by atoms with Gasteiger partial charge in [-0.05, 0) is 80.1 Å². The van der Waals surface area contributed by atoms with Gasteiger partial charge in [-0.1, -0.05) is 0 Å². The van der Waals surface area contributed by atoms with E-state index in [9.17, 15) is 19.2 Å². The maximum atomic E-state index is 11.9. The number of hydrogen-bond acceptors (Lipinski definition) is 7. The number of amides is 2. The van der Waals surface area contributed by atoms with Crippen LogP contribution >= 0.6 is 0 Å². The molecule has 0 aliphatic carbocycles. The Morgan fingerprint density at radius 2 is 1.09 bits per heavy atom. The fourth-order valence-corrected chi connectivity index (χ4v) is 3.86. The second-order valence-electron chi connectivity index (χ2n) is 11.1. The van der Waals surface area contributed by atoms with E-state index in [1.165, 1.54) is 7.11 Å². The second kappa shape index (κ2) is 13.5. The van der Waals surface area contributed by atoms with Crippen molar-refractivity contribution in [2.75, 3.05) is 33.3 Å². The normalized spacial score (nSPS) is 21.5. The third-order valence-corrected chi connectivity index (χ3v) is 5.64. The molecule has 0 radical (unpaired) electrons. The molecular formula is C25H44N2O8. The number of methoxy groups -OCH3 is 1. The Hall–Kier alpha value is -2.52. The van der Waals surface area contributed by atoms with Gasteiger partial charge in [-0.25, -0.2) is 9.59 Å². The van der Waals surface area contributed by atoms with Crippen molar-refractivity contribution >= 4 is 24.1 Å². The van der Waals surface area contributed by atoms with Crippen LogP contribution in [0.1, 0.15) is 80.1 Å². The summed E-state index contributed by atoms with van der Waals surface area (Å²) in [5.74, 6) is -1.37. The van der Waals surface area contributed by atoms with Gasteiger partial charge in [-0.2, -0.15) is 0 Å². The summed E-state index contributed by atoms with van der Waals surface area (Å²) in [7, 11) is 1.40.